The van der Waals surface area contributed by atoms with E-state index in [9.17, 15) is 13.2 Å². The molecular formula is C13H26O5S. The zero-order valence-corrected chi connectivity index (χ0v) is 12.6. The van der Waals surface area contributed by atoms with Gasteiger partial charge in [0, 0.05) is 6.42 Å². The molecule has 0 bridgehead atoms. The molecule has 0 saturated heterocycles. The highest BCUT2D eigenvalue weighted by Gasteiger charge is 2.07. The van der Waals surface area contributed by atoms with E-state index in [0.717, 1.165) is 19.3 Å². The van der Waals surface area contributed by atoms with Crippen LogP contribution in [0.15, 0.2) is 0 Å². The van der Waals surface area contributed by atoms with Crippen molar-refractivity contribution in [2.45, 2.75) is 64.7 Å². The molecule has 0 spiro atoms. The van der Waals surface area contributed by atoms with Crippen LogP contribution in [-0.2, 0) is 19.6 Å². The third-order valence-electron chi connectivity index (χ3n) is 2.84. The van der Waals surface area contributed by atoms with Gasteiger partial charge in [-0.05, 0) is 6.42 Å². The molecule has 0 aliphatic carbocycles. The molecule has 0 saturated carbocycles. The van der Waals surface area contributed by atoms with Gasteiger partial charge in [-0.2, -0.15) is 8.42 Å². The third kappa shape index (κ3) is 15.3. The number of carbonyl (C=O) groups is 1. The van der Waals surface area contributed by atoms with Gasteiger partial charge in [0.05, 0.1) is 0 Å². The summed E-state index contributed by atoms with van der Waals surface area (Å²) in [4.78, 5) is 11.2. The maximum Gasteiger partial charge on any atom is 0.305 e. The highest BCUT2D eigenvalue weighted by Crippen LogP contribution is 2.09. The zero-order valence-electron chi connectivity index (χ0n) is 11.8. The largest absolute Gasteiger partial charge is 0.464 e. The molecule has 0 aromatic heterocycles. The summed E-state index contributed by atoms with van der Waals surface area (Å²) in [7, 11) is -4.04. The summed E-state index contributed by atoms with van der Waals surface area (Å²) >= 11 is 0. The van der Waals surface area contributed by atoms with E-state index in [4.69, 9.17) is 9.29 Å². The lowest BCUT2D eigenvalue weighted by atomic mass is 10.1. The van der Waals surface area contributed by atoms with Crippen LogP contribution in [0.1, 0.15) is 64.7 Å². The Morgan fingerprint density at radius 3 is 2.05 bits per heavy atom. The molecule has 114 valence electrons. The molecule has 0 aromatic rings. The van der Waals surface area contributed by atoms with E-state index in [1.54, 1.807) is 0 Å². The Morgan fingerprint density at radius 2 is 1.53 bits per heavy atom. The van der Waals surface area contributed by atoms with Crippen molar-refractivity contribution in [1.82, 2.24) is 0 Å². The van der Waals surface area contributed by atoms with Crippen molar-refractivity contribution in [3.8, 4) is 0 Å². The van der Waals surface area contributed by atoms with Gasteiger partial charge in [0.1, 0.15) is 12.4 Å². The Balaban J connectivity index is 3.30. The molecule has 0 fully saturated rings. The van der Waals surface area contributed by atoms with Crippen molar-refractivity contribution in [3.05, 3.63) is 0 Å². The molecule has 0 heterocycles. The first-order valence-corrected chi connectivity index (χ1v) is 8.67. The van der Waals surface area contributed by atoms with Gasteiger partial charge in [-0.3, -0.25) is 9.35 Å². The quantitative estimate of drug-likeness (QED) is 0.340. The molecule has 5 nitrogen and oxygen atoms in total. The lowest BCUT2D eigenvalue weighted by molar-refractivity contribution is -0.143. The van der Waals surface area contributed by atoms with Gasteiger partial charge in [0.15, 0.2) is 0 Å². The zero-order chi connectivity index (χ0) is 14.6. The predicted octanol–water partition coefficient (Wildman–Crippen LogP) is 2.95. The number of esters is 1. The third-order valence-corrected chi connectivity index (χ3v) is 3.52. The first kappa shape index (κ1) is 18.4. The summed E-state index contributed by atoms with van der Waals surface area (Å²) in [5, 5.41) is 0. The summed E-state index contributed by atoms with van der Waals surface area (Å²) in [6.07, 6.45) is 9.51. The topological polar surface area (TPSA) is 80.7 Å². The molecule has 0 amide bonds. The Morgan fingerprint density at radius 1 is 1.00 bits per heavy atom. The summed E-state index contributed by atoms with van der Waals surface area (Å²) in [5.74, 6) is -0.925. The molecule has 0 unspecified atom stereocenters. The van der Waals surface area contributed by atoms with Crippen LogP contribution in [-0.4, -0.2) is 31.3 Å². The molecule has 6 heteroatoms. The highest BCUT2D eigenvalue weighted by atomic mass is 32.2. The van der Waals surface area contributed by atoms with E-state index in [-0.39, 0.29) is 6.61 Å². The normalized spacial score (nSPS) is 11.5. The molecule has 0 aliphatic rings. The van der Waals surface area contributed by atoms with Gasteiger partial charge in [0.25, 0.3) is 10.1 Å². The highest BCUT2D eigenvalue weighted by molar-refractivity contribution is 7.85. The molecule has 0 radical (unpaired) electrons. The standard InChI is InChI=1S/C13H26O5S/c1-2-3-4-5-6-7-8-9-10-13(14)18-11-12-19(15,16)17/h2-12H2,1H3,(H,15,16,17). The van der Waals surface area contributed by atoms with Crippen LogP contribution >= 0.6 is 0 Å². The van der Waals surface area contributed by atoms with E-state index >= 15 is 0 Å². The predicted molar refractivity (Wildman–Crippen MR) is 74.6 cm³/mol. The second kappa shape index (κ2) is 11.2. The number of unbranched alkanes of at least 4 members (excludes halogenated alkanes) is 7. The van der Waals surface area contributed by atoms with E-state index in [1.165, 1.54) is 32.1 Å². The molecule has 1 N–H and O–H groups in total. The average molecular weight is 294 g/mol. The van der Waals surface area contributed by atoms with Crippen molar-refractivity contribution < 1.29 is 22.5 Å². The van der Waals surface area contributed by atoms with E-state index in [1.807, 2.05) is 0 Å². The summed E-state index contributed by atoms with van der Waals surface area (Å²) in [5.41, 5.74) is 0. The summed E-state index contributed by atoms with van der Waals surface area (Å²) < 4.78 is 33.9. The minimum Gasteiger partial charge on any atom is -0.464 e. The van der Waals surface area contributed by atoms with Crippen molar-refractivity contribution in [2.75, 3.05) is 12.4 Å². The van der Waals surface area contributed by atoms with Gasteiger partial charge in [-0.15, -0.1) is 0 Å². The minimum absolute atomic E-state index is 0.269. The monoisotopic (exact) mass is 294 g/mol. The fourth-order valence-electron chi connectivity index (χ4n) is 1.74. The van der Waals surface area contributed by atoms with Crippen molar-refractivity contribution in [1.29, 1.82) is 0 Å². The summed E-state index contributed by atoms with van der Waals surface area (Å²) in [6.45, 7) is 1.92. The Bertz CT molecular complexity index is 324. The molecule has 0 aromatic carbocycles. The Labute approximate surface area is 116 Å². The molecule has 19 heavy (non-hydrogen) atoms. The Hall–Kier alpha value is -0.620. The molecule has 0 rings (SSSR count). The smallest absolute Gasteiger partial charge is 0.305 e. The number of hydrogen-bond acceptors (Lipinski definition) is 4. The number of hydrogen-bond donors (Lipinski definition) is 1. The fourth-order valence-corrected chi connectivity index (χ4v) is 2.03. The van der Waals surface area contributed by atoms with Crippen molar-refractivity contribution in [2.24, 2.45) is 0 Å². The van der Waals surface area contributed by atoms with Crippen LogP contribution in [0.3, 0.4) is 0 Å². The number of carbonyl (C=O) groups excluding carboxylic acids is 1. The van der Waals surface area contributed by atoms with E-state index in [0.29, 0.717) is 6.42 Å². The lowest BCUT2D eigenvalue weighted by Gasteiger charge is -2.04. The maximum atomic E-state index is 11.2. The second-order valence-electron chi connectivity index (χ2n) is 4.73. The van der Waals surface area contributed by atoms with Crippen LogP contribution in [0.25, 0.3) is 0 Å². The first-order valence-electron chi connectivity index (χ1n) is 7.06. The van der Waals surface area contributed by atoms with Crippen LogP contribution in [0, 0.1) is 0 Å². The van der Waals surface area contributed by atoms with Gasteiger partial charge < -0.3 is 4.74 Å². The number of rotatable bonds is 12. The first-order chi connectivity index (χ1) is 8.95. The molecular weight excluding hydrogens is 268 g/mol. The summed E-state index contributed by atoms with van der Waals surface area (Å²) in [6, 6.07) is 0. The van der Waals surface area contributed by atoms with Gasteiger partial charge >= 0.3 is 5.97 Å². The van der Waals surface area contributed by atoms with Gasteiger partial charge in [0.2, 0.25) is 0 Å². The van der Waals surface area contributed by atoms with E-state index in [2.05, 4.69) is 6.92 Å². The molecule has 0 atom stereocenters. The second-order valence-corrected chi connectivity index (χ2v) is 6.30. The number of ether oxygens (including phenoxy) is 1. The van der Waals surface area contributed by atoms with Crippen LogP contribution in [0.4, 0.5) is 0 Å². The van der Waals surface area contributed by atoms with Crippen molar-refractivity contribution >= 4 is 16.1 Å². The van der Waals surface area contributed by atoms with Crippen molar-refractivity contribution in [3.63, 3.8) is 0 Å². The lowest BCUT2D eigenvalue weighted by Crippen LogP contribution is -2.14. The van der Waals surface area contributed by atoms with Crippen LogP contribution in [0.2, 0.25) is 0 Å². The fraction of sp³-hybridized carbons (Fsp3) is 0.923. The molecule has 0 aliphatic heterocycles. The average Bonchev–Trinajstić information content (AvgIpc) is 2.31. The minimum atomic E-state index is -4.04. The Kier molecular flexibility index (Phi) is 10.9. The van der Waals surface area contributed by atoms with Gasteiger partial charge in [-0.1, -0.05) is 51.9 Å². The van der Waals surface area contributed by atoms with Crippen LogP contribution < -0.4 is 0 Å². The van der Waals surface area contributed by atoms with Gasteiger partial charge in [-0.25, -0.2) is 0 Å². The van der Waals surface area contributed by atoms with E-state index < -0.39 is 21.8 Å². The SMILES string of the molecule is CCCCCCCCCCC(=O)OCCS(=O)(=O)O. The van der Waals surface area contributed by atoms with Crippen LogP contribution in [0.5, 0.6) is 0 Å². The maximum absolute atomic E-state index is 11.2.